The molecule has 0 unspecified atom stereocenters. The van der Waals surface area contributed by atoms with Crippen LogP contribution in [0.4, 0.5) is 0 Å². The fourth-order valence-electron chi connectivity index (χ4n) is 0.525. The van der Waals surface area contributed by atoms with Crippen LogP contribution < -0.4 is 23.5 Å². The zero-order valence-electron chi connectivity index (χ0n) is 7.14. The summed E-state index contributed by atoms with van der Waals surface area (Å²) in [6.45, 7) is 0. The summed E-state index contributed by atoms with van der Waals surface area (Å²) < 4.78 is 4.41. The molecule has 0 radical (unpaired) electrons. The molecule has 1 aromatic rings. The van der Waals surface area contributed by atoms with Gasteiger partial charge in [-0.2, -0.15) is 0 Å². The molecule has 11 heavy (non-hydrogen) atoms. The quantitative estimate of drug-likeness (QED) is 0.427. The van der Waals surface area contributed by atoms with Crippen molar-refractivity contribution in [2.24, 2.45) is 0 Å². The fraction of sp³-hybridized carbons (Fsp3) is 0. The second-order valence-electron chi connectivity index (χ2n) is 1.61. The van der Waals surface area contributed by atoms with E-state index in [0.29, 0.717) is 0 Å². The summed E-state index contributed by atoms with van der Waals surface area (Å²) in [5.74, 6) is 0.192. The summed E-state index contributed by atoms with van der Waals surface area (Å²) in [5.41, 5.74) is 0. The molecule has 1 aromatic heterocycles. The molecule has 54 valence electrons. The van der Waals surface area contributed by atoms with E-state index >= 15 is 0 Å². The van der Waals surface area contributed by atoms with E-state index in [4.69, 9.17) is 10.0 Å². The molecule has 0 amide bonds. The number of aromatic nitrogens is 1. The van der Waals surface area contributed by atoms with Gasteiger partial charge in [0.25, 0.3) is 0 Å². The first-order valence-corrected chi connectivity index (χ1v) is 2.73. The number of rotatable bonds is 2. The van der Waals surface area contributed by atoms with Gasteiger partial charge in [0.1, 0.15) is 0 Å². The van der Waals surface area contributed by atoms with Gasteiger partial charge in [-0.15, -0.1) is 0 Å². The van der Waals surface area contributed by atoms with Crippen LogP contribution in [0.2, 0.25) is 0 Å². The summed E-state index contributed by atoms with van der Waals surface area (Å²) >= 11 is 0. The predicted molar refractivity (Wildman–Crippen MR) is 36.2 cm³/mol. The maximum atomic E-state index is 8.30. The third-order valence-corrected chi connectivity index (χ3v) is 0.864. The molecule has 1 heterocycles. The number of hydrogen-bond acceptors (Lipinski definition) is 4. The largest absolute Gasteiger partial charge is 1.00 e. The number of hydrogen-bond donors (Lipinski definition) is 2. The molecule has 0 spiro atoms. The van der Waals surface area contributed by atoms with E-state index in [2.05, 4.69) is 9.64 Å². The molecule has 2 N–H and O–H groups in total. The molecular formula is C5H7BLiNO3. The molecule has 0 aliphatic rings. The Morgan fingerprint density at radius 3 is 2.64 bits per heavy atom. The summed E-state index contributed by atoms with van der Waals surface area (Å²) in [7, 11) is -1.80. The Balaban J connectivity index is 0. The van der Waals surface area contributed by atoms with E-state index in [0.717, 1.165) is 0 Å². The minimum Gasteiger partial charge on any atom is -1.00 e. The van der Waals surface area contributed by atoms with Crippen LogP contribution in [0.1, 0.15) is 1.43 Å². The van der Waals surface area contributed by atoms with Crippen molar-refractivity contribution in [1.29, 1.82) is 0 Å². The maximum absolute atomic E-state index is 8.30. The number of pyridine rings is 1. The van der Waals surface area contributed by atoms with Crippen molar-refractivity contribution in [3.05, 3.63) is 24.4 Å². The smallest absolute Gasteiger partial charge is 1.00 e. The van der Waals surface area contributed by atoms with Crippen molar-refractivity contribution in [2.45, 2.75) is 0 Å². The SMILES string of the molecule is OB(O)Oc1ccccn1.[H-].[Li+]. The van der Waals surface area contributed by atoms with Gasteiger partial charge in [0.05, 0.1) is 0 Å². The Hall–Kier alpha value is -0.468. The zero-order chi connectivity index (χ0) is 7.40. The van der Waals surface area contributed by atoms with Gasteiger partial charge in [-0.1, -0.05) is 6.07 Å². The summed E-state index contributed by atoms with van der Waals surface area (Å²) in [4.78, 5) is 3.68. The summed E-state index contributed by atoms with van der Waals surface area (Å²) in [5, 5.41) is 16.6. The Morgan fingerprint density at radius 2 is 2.18 bits per heavy atom. The molecule has 0 saturated heterocycles. The second-order valence-corrected chi connectivity index (χ2v) is 1.61. The summed E-state index contributed by atoms with van der Waals surface area (Å²) in [6, 6.07) is 4.92. The van der Waals surface area contributed by atoms with E-state index in [9.17, 15) is 0 Å². The molecule has 0 fully saturated rings. The van der Waals surface area contributed by atoms with Crippen molar-refractivity contribution < 1.29 is 35.0 Å². The van der Waals surface area contributed by atoms with E-state index in [-0.39, 0.29) is 26.2 Å². The van der Waals surface area contributed by atoms with Gasteiger partial charge in [-0.25, -0.2) is 4.98 Å². The Labute approximate surface area is 78.1 Å². The molecule has 0 atom stereocenters. The molecule has 4 nitrogen and oxygen atoms in total. The van der Waals surface area contributed by atoms with Gasteiger partial charge >= 0.3 is 26.2 Å². The molecule has 0 aliphatic carbocycles. The van der Waals surface area contributed by atoms with E-state index < -0.39 is 7.32 Å². The van der Waals surface area contributed by atoms with Crippen LogP contribution in [-0.2, 0) is 0 Å². The molecule has 6 heteroatoms. The third kappa shape index (κ3) is 4.07. The van der Waals surface area contributed by atoms with Crippen LogP contribution in [0.5, 0.6) is 5.88 Å². The standard InChI is InChI=1S/C5H6BNO3.Li.H/c8-6(9)10-5-3-1-2-4-7-5;;/h1-4,8-9H;;/q;+1;-1. The molecule has 0 aliphatic heterocycles. The first kappa shape index (κ1) is 10.5. The van der Waals surface area contributed by atoms with Crippen molar-refractivity contribution >= 4 is 7.32 Å². The van der Waals surface area contributed by atoms with Crippen LogP contribution in [0.15, 0.2) is 24.4 Å². The first-order chi connectivity index (χ1) is 4.79. The number of nitrogens with zero attached hydrogens (tertiary/aromatic N) is 1. The van der Waals surface area contributed by atoms with Crippen LogP contribution in [0.25, 0.3) is 0 Å². The van der Waals surface area contributed by atoms with Crippen LogP contribution >= 0.6 is 0 Å². The maximum Gasteiger partial charge on any atom is 1.00 e. The Morgan fingerprint density at radius 1 is 1.45 bits per heavy atom. The normalized spacial score (nSPS) is 8.18. The van der Waals surface area contributed by atoms with Gasteiger partial charge in [-0.05, 0) is 12.1 Å². The van der Waals surface area contributed by atoms with Crippen LogP contribution in [0, 0.1) is 0 Å². The zero-order valence-corrected chi connectivity index (χ0v) is 6.14. The minimum atomic E-state index is -1.80. The van der Waals surface area contributed by atoms with Crippen molar-refractivity contribution in [3.63, 3.8) is 0 Å². The van der Waals surface area contributed by atoms with Gasteiger partial charge in [0.15, 0.2) is 5.88 Å². The van der Waals surface area contributed by atoms with Crippen LogP contribution in [0.3, 0.4) is 0 Å². The molecule has 0 bridgehead atoms. The van der Waals surface area contributed by atoms with Crippen molar-refractivity contribution in [3.8, 4) is 5.88 Å². The van der Waals surface area contributed by atoms with E-state index in [1.54, 1.807) is 12.1 Å². The average Bonchev–Trinajstić information content (AvgIpc) is 1.88. The topological polar surface area (TPSA) is 62.6 Å². The third-order valence-electron chi connectivity index (χ3n) is 0.864. The monoisotopic (exact) mass is 147 g/mol. The Kier molecular flexibility index (Phi) is 5.00. The molecule has 0 aromatic carbocycles. The summed E-state index contributed by atoms with van der Waals surface area (Å²) in [6.07, 6.45) is 1.50. The molecular weight excluding hydrogens is 140 g/mol. The minimum absolute atomic E-state index is 0. The fourth-order valence-corrected chi connectivity index (χ4v) is 0.525. The Bertz CT molecular complexity index is 201. The van der Waals surface area contributed by atoms with Gasteiger partial charge in [0.2, 0.25) is 0 Å². The average molecular weight is 147 g/mol. The van der Waals surface area contributed by atoms with Crippen molar-refractivity contribution in [1.82, 2.24) is 4.98 Å². The predicted octanol–water partition coefficient (Wildman–Crippen LogP) is -3.45. The van der Waals surface area contributed by atoms with E-state index in [1.807, 2.05) is 0 Å². The molecule has 0 saturated carbocycles. The second kappa shape index (κ2) is 5.22. The van der Waals surface area contributed by atoms with Gasteiger partial charge in [-0.3, -0.25) is 0 Å². The van der Waals surface area contributed by atoms with Crippen LogP contribution in [-0.4, -0.2) is 22.4 Å². The first-order valence-electron chi connectivity index (χ1n) is 2.73. The van der Waals surface area contributed by atoms with E-state index in [1.165, 1.54) is 12.3 Å². The van der Waals surface area contributed by atoms with Gasteiger partial charge < -0.3 is 16.1 Å². The molecule has 1 rings (SSSR count). The van der Waals surface area contributed by atoms with Crippen molar-refractivity contribution in [2.75, 3.05) is 0 Å². The van der Waals surface area contributed by atoms with Gasteiger partial charge in [0, 0.05) is 6.20 Å².